The zero-order valence-corrected chi connectivity index (χ0v) is 20.1. The molecule has 0 radical (unpaired) electrons. The lowest BCUT2D eigenvalue weighted by atomic mass is 10.1. The van der Waals surface area contributed by atoms with Crippen LogP contribution in [0, 0.1) is 13.8 Å². The molecule has 5 nitrogen and oxygen atoms in total. The van der Waals surface area contributed by atoms with Gasteiger partial charge in [-0.3, -0.25) is 4.99 Å². The summed E-state index contributed by atoms with van der Waals surface area (Å²) < 4.78 is 0. The maximum atomic E-state index is 4.78. The van der Waals surface area contributed by atoms with Crippen molar-refractivity contribution in [3.8, 4) is 0 Å². The van der Waals surface area contributed by atoms with Gasteiger partial charge in [0.15, 0.2) is 5.96 Å². The number of pyridine rings is 1. The minimum Gasteiger partial charge on any atom is -0.357 e. The van der Waals surface area contributed by atoms with Crippen LogP contribution in [0.2, 0.25) is 0 Å². The highest BCUT2D eigenvalue weighted by atomic mass is 127. The molecule has 1 aliphatic heterocycles. The third kappa shape index (κ3) is 7.49. The fraction of sp³-hybridized carbons (Fsp3) is 0.478. The summed E-state index contributed by atoms with van der Waals surface area (Å²) in [5.74, 6) is 2.02. The van der Waals surface area contributed by atoms with Crippen molar-refractivity contribution in [1.29, 1.82) is 0 Å². The summed E-state index contributed by atoms with van der Waals surface area (Å²) in [5, 5.41) is 7.01. The molecule has 158 valence electrons. The molecule has 0 atom stereocenters. The topological polar surface area (TPSA) is 52.6 Å². The third-order valence-electron chi connectivity index (χ3n) is 5.19. The molecule has 1 aromatic carbocycles. The number of aryl methyl sites for hydroxylation is 2. The van der Waals surface area contributed by atoms with Crippen molar-refractivity contribution in [2.24, 2.45) is 4.99 Å². The van der Waals surface area contributed by atoms with Gasteiger partial charge in [0.1, 0.15) is 5.82 Å². The second-order valence-electron chi connectivity index (χ2n) is 7.60. The second kappa shape index (κ2) is 12.0. The van der Waals surface area contributed by atoms with E-state index in [-0.39, 0.29) is 24.0 Å². The van der Waals surface area contributed by atoms with Gasteiger partial charge >= 0.3 is 0 Å². The number of hydrogen-bond acceptors (Lipinski definition) is 3. The lowest BCUT2D eigenvalue weighted by Crippen LogP contribution is -2.49. The van der Waals surface area contributed by atoms with E-state index in [2.05, 4.69) is 77.7 Å². The zero-order chi connectivity index (χ0) is 19.8. The maximum absolute atomic E-state index is 4.78. The number of aliphatic imine (C=N–C) groups is 1. The molecule has 0 unspecified atom stereocenters. The first-order valence-electron chi connectivity index (χ1n) is 10.4. The minimum atomic E-state index is 0. The van der Waals surface area contributed by atoms with Crippen LogP contribution in [0.5, 0.6) is 0 Å². The summed E-state index contributed by atoms with van der Waals surface area (Å²) in [7, 11) is 0. The molecule has 0 amide bonds. The molecule has 2 aromatic rings. The Hall–Kier alpha value is -1.83. The number of guanidine groups is 1. The van der Waals surface area contributed by atoms with Gasteiger partial charge in [-0.1, -0.05) is 35.9 Å². The van der Waals surface area contributed by atoms with Gasteiger partial charge in [-0.25, -0.2) is 4.98 Å². The van der Waals surface area contributed by atoms with E-state index in [4.69, 9.17) is 4.99 Å². The van der Waals surface area contributed by atoms with Crippen LogP contribution in [-0.4, -0.2) is 43.2 Å². The fourth-order valence-electron chi connectivity index (χ4n) is 3.46. The number of nitrogens with one attached hydrogen (secondary N) is 2. The van der Waals surface area contributed by atoms with Gasteiger partial charge in [0.25, 0.3) is 0 Å². The lowest BCUT2D eigenvalue weighted by molar-refractivity contribution is 0.459. The summed E-state index contributed by atoms with van der Waals surface area (Å²) in [6.07, 6.45) is 5.11. The van der Waals surface area contributed by atoms with Gasteiger partial charge in [0.2, 0.25) is 0 Å². The number of piperidine rings is 1. The Morgan fingerprint density at radius 1 is 1.07 bits per heavy atom. The SMILES string of the molecule is CCNC(=NCCc1ccc(C)cc1)NC1CCN(c2ccc(C)cn2)CC1.I. The average molecular weight is 507 g/mol. The van der Waals surface area contributed by atoms with Gasteiger partial charge < -0.3 is 15.5 Å². The van der Waals surface area contributed by atoms with Crippen LogP contribution in [0.25, 0.3) is 0 Å². The first kappa shape index (κ1) is 23.4. The normalized spacial score (nSPS) is 15.0. The van der Waals surface area contributed by atoms with Crippen LogP contribution < -0.4 is 15.5 Å². The Morgan fingerprint density at radius 2 is 1.76 bits per heavy atom. The van der Waals surface area contributed by atoms with Gasteiger partial charge in [-0.2, -0.15) is 0 Å². The summed E-state index contributed by atoms with van der Waals surface area (Å²) in [5.41, 5.74) is 3.84. The Balaban J connectivity index is 0.00000300. The van der Waals surface area contributed by atoms with Gasteiger partial charge in [-0.15, -0.1) is 24.0 Å². The van der Waals surface area contributed by atoms with Crippen molar-refractivity contribution in [2.45, 2.75) is 46.1 Å². The van der Waals surface area contributed by atoms with Crippen molar-refractivity contribution in [2.75, 3.05) is 31.1 Å². The molecule has 0 bridgehead atoms. The van der Waals surface area contributed by atoms with E-state index in [0.717, 1.165) is 57.2 Å². The lowest BCUT2D eigenvalue weighted by Gasteiger charge is -2.33. The number of rotatable bonds is 6. The van der Waals surface area contributed by atoms with Crippen LogP contribution in [0.4, 0.5) is 5.82 Å². The molecule has 29 heavy (non-hydrogen) atoms. The van der Waals surface area contributed by atoms with Crippen molar-refractivity contribution in [3.63, 3.8) is 0 Å². The molecule has 6 heteroatoms. The summed E-state index contributed by atoms with van der Waals surface area (Å²) in [4.78, 5) is 11.7. The molecule has 2 N–H and O–H groups in total. The molecular formula is C23H34IN5. The standard InChI is InChI=1S/C23H33N5.HI/c1-4-24-23(25-14-11-20-8-5-18(2)6-9-20)27-21-12-15-28(16-13-21)22-10-7-19(3)17-26-22;/h5-10,17,21H,4,11-16H2,1-3H3,(H2,24,25,27);1H. The molecule has 0 saturated carbocycles. The maximum Gasteiger partial charge on any atom is 0.191 e. The highest BCUT2D eigenvalue weighted by Gasteiger charge is 2.20. The Labute approximate surface area is 192 Å². The van der Waals surface area contributed by atoms with Crippen molar-refractivity contribution < 1.29 is 0 Å². The van der Waals surface area contributed by atoms with Crippen LogP contribution in [-0.2, 0) is 6.42 Å². The largest absolute Gasteiger partial charge is 0.357 e. The number of hydrogen-bond donors (Lipinski definition) is 2. The molecule has 1 aliphatic rings. The van der Waals surface area contributed by atoms with E-state index in [0.29, 0.717) is 6.04 Å². The monoisotopic (exact) mass is 507 g/mol. The smallest absolute Gasteiger partial charge is 0.191 e. The highest BCUT2D eigenvalue weighted by molar-refractivity contribution is 14.0. The third-order valence-corrected chi connectivity index (χ3v) is 5.19. The molecule has 3 rings (SSSR count). The molecule has 2 heterocycles. The van der Waals surface area contributed by atoms with Gasteiger partial charge in [-0.05, 0) is 57.2 Å². The van der Waals surface area contributed by atoms with E-state index in [9.17, 15) is 0 Å². The zero-order valence-electron chi connectivity index (χ0n) is 17.8. The molecular weight excluding hydrogens is 473 g/mol. The first-order chi connectivity index (χ1) is 13.6. The van der Waals surface area contributed by atoms with E-state index in [1.807, 2.05) is 6.20 Å². The van der Waals surface area contributed by atoms with Crippen molar-refractivity contribution >= 4 is 35.8 Å². The number of anilines is 1. The van der Waals surface area contributed by atoms with E-state index < -0.39 is 0 Å². The van der Waals surface area contributed by atoms with E-state index in [1.54, 1.807) is 0 Å². The Kier molecular flexibility index (Phi) is 9.70. The number of aromatic nitrogens is 1. The average Bonchev–Trinajstić information content (AvgIpc) is 2.71. The summed E-state index contributed by atoms with van der Waals surface area (Å²) in [6.45, 7) is 10.0. The predicted molar refractivity (Wildman–Crippen MR) is 134 cm³/mol. The van der Waals surface area contributed by atoms with Crippen molar-refractivity contribution in [3.05, 3.63) is 59.3 Å². The molecule has 0 spiro atoms. The summed E-state index contributed by atoms with van der Waals surface area (Å²) in [6, 6.07) is 13.4. The summed E-state index contributed by atoms with van der Waals surface area (Å²) >= 11 is 0. The Morgan fingerprint density at radius 3 is 2.38 bits per heavy atom. The minimum absolute atomic E-state index is 0. The number of nitrogens with zero attached hydrogens (tertiary/aromatic N) is 3. The van der Waals surface area contributed by atoms with Gasteiger partial charge in [0.05, 0.1) is 0 Å². The number of halogens is 1. The van der Waals surface area contributed by atoms with Gasteiger partial charge in [0, 0.05) is 38.4 Å². The van der Waals surface area contributed by atoms with E-state index >= 15 is 0 Å². The molecule has 1 aromatic heterocycles. The van der Waals surface area contributed by atoms with Crippen LogP contribution in [0.1, 0.15) is 36.5 Å². The fourth-order valence-corrected chi connectivity index (χ4v) is 3.46. The predicted octanol–water partition coefficient (Wildman–Crippen LogP) is 4.08. The highest BCUT2D eigenvalue weighted by Crippen LogP contribution is 2.18. The quantitative estimate of drug-likeness (QED) is 0.352. The molecule has 1 fully saturated rings. The van der Waals surface area contributed by atoms with Crippen molar-refractivity contribution in [1.82, 2.24) is 15.6 Å². The molecule has 0 aliphatic carbocycles. The van der Waals surface area contributed by atoms with Crippen LogP contribution in [0.3, 0.4) is 0 Å². The second-order valence-corrected chi connectivity index (χ2v) is 7.60. The van der Waals surface area contributed by atoms with E-state index in [1.165, 1.54) is 16.7 Å². The first-order valence-corrected chi connectivity index (χ1v) is 10.4. The van der Waals surface area contributed by atoms with Crippen LogP contribution in [0.15, 0.2) is 47.6 Å². The molecule has 1 saturated heterocycles. The number of benzene rings is 1. The van der Waals surface area contributed by atoms with Crippen LogP contribution >= 0.6 is 24.0 Å². The Bertz CT molecular complexity index is 750.